The molecular formula is C16H14Cl2F3NO3S. The molecule has 0 saturated heterocycles. The molecule has 0 aliphatic heterocycles. The van der Waals surface area contributed by atoms with E-state index in [0.717, 1.165) is 11.8 Å². The molecule has 0 amide bonds. The van der Waals surface area contributed by atoms with Gasteiger partial charge in [0.25, 0.3) is 5.56 Å². The van der Waals surface area contributed by atoms with Gasteiger partial charge in [0.1, 0.15) is 11.3 Å². The fourth-order valence-corrected chi connectivity index (χ4v) is 4.19. The second-order valence-corrected chi connectivity index (χ2v) is 7.19. The first-order chi connectivity index (χ1) is 12.1. The van der Waals surface area contributed by atoms with E-state index in [0.29, 0.717) is 22.8 Å². The summed E-state index contributed by atoms with van der Waals surface area (Å²) in [6.45, 7) is 2.65. The maximum absolute atomic E-state index is 13.3. The Bertz CT molecular complexity index is 860. The lowest BCUT2D eigenvalue weighted by Crippen LogP contribution is -2.27. The summed E-state index contributed by atoms with van der Waals surface area (Å²) < 4.78 is 44.6. The Labute approximate surface area is 161 Å². The van der Waals surface area contributed by atoms with Gasteiger partial charge in [-0.1, -0.05) is 41.0 Å². The van der Waals surface area contributed by atoms with Crippen molar-refractivity contribution in [3.8, 4) is 0 Å². The average molecular weight is 428 g/mol. The Kier molecular flexibility index (Phi) is 6.52. The van der Waals surface area contributed by atoms with Gasteiger partial charge < -0.3 is 9.72 Å². The molecule has 0 fully saturated rings. The van der Waals surface area contributed by atoms with Crippen LogP contribution in [0.15, 0.2) is 30.7 Å². The number of hydrogen-bond acceptors (Lipinski definition) is 4. The van der Waals surface area contributed by atoms with Crippen LogP contribution in [-0.2, 0) is 10.9 Å². The quantitative estimate of drug-likeness (QED) is 0.658. The second kappa shape index (κ2) is 8.10. The first-order valence-corrected chi connectivity index (χ1v) is 9.08. The van der Waals surface area contributed by atoms with Gasteiger partial charge in [0.05, 0.1) is 11.6 Å². The summed E-state index contributed by atoms with van der Waals surface area (Å²) in [5, 5.41) is 0.611. The SMILES string of the molecule is CCOC(=O)c1c(SC2=C(Cl)CCC=C2Cl)c(C)c(C(F)(F)F)[nH]c1=O. The fourth-order valence-electron chi connectivity index (χ4n) is 2.34. The summed E-state index contributed by atoms with van der Waals surface area (Å²) in [6, 6.07) is 0. The lowest BCUT2D eigenvalue weighted by molar-refractivity contribution is -0.142. The molecule has 0 atom stereocenters. The minimum absolute atomic E-state index is 0.0352. The van der Waals surface area contributed by atoms with Crippen molar-refractivity contribution in [1.29, 1.82) is 0 Å². The number of nitrogens with one attached hydrogen (secondary N) is 1. The predicted octanol–water partition coefficient (Wildman–Crippen LogP) is 5.34. The zero-order valence-electron chi connectivity index (χ0n) is 13.7. The Morgan fingerprint density at radius 2 is 2.04 bits per heavy atom. The van der Waals surface area contributed by atoms with Crippen molar-refractivity contribution in [1.82, 2.24) is 4.98 Å². The predicted molar refractivity (Wildman–Crippen MR) is 94.7 cm³/mol. The number of hydrogen-bond donors (Lipinski definition) is 1. The first-order valence-electron chi connectivity index (χ1n) is 7.51. The standard InChI is InChI=1S/C16H14Cl2F3NO3S/c1-3-25-15(24)10-11(26-12-8(17)5-4-6-9(12)18)7(2)13(16(19,20)21)22-14(10)23/h5H,3-4,6H2,1-2H3,(H,22,23). The van der Waals surface area contributed by atoms with Gasteiger partial charge in [0.15, 0.2) is 0 Å². The van der Waals surface area contributed by atoms with Gasteiger partial charge in [-0.2, -0.15) is 13.2 Å². The van der Waals surface area contributed by atoms with Gasteiger partial charge in [0.2, 0.25) is 0 Å². The van der Waals surface area contributed by atoms with Crippen LogP contribution in [0.4, 0.5) is 13.2 Å². The molecule has 0 bridgehead atoms. The number of esters is 1. The Morgan fingerprint density at radius 3 is 2.58 bits per heavy atom. The highest BCUT2D eigenvalue weighted by Crippen LogP contribution is 2.44. The third kappa shape index (κ3) is 4.29. The second-order valence-electron chi connectivity index (χ2n) is 5.30. The molecule has 0 radical (unpaired) electrons. The highest BCUT2D eigenvalue weighted by molar-refractivity contribution is 8.03. The van der Waals surface area contributed by atoms with E-state index in [1.54, 1.807) is 11.1 Å². The third-order valence-corrected chi connectivity index (χ3v) is 5.86. The van der Waals surface area contributed by atoms with Crippen LogP contribution in [0.25, 0.3) is 0 Å². The maximum atomic E-state index is 13.3. The van der Waals surface area contributed by atoms with Crippen molar-refractivity contribution in [2.45, 2.75) is 37.8 Å². The maximum Gasteiger partial charge on any atom is 0.431 e. The van der Waals surface area contributed by atoms with E-state index in [9.17, 15) is 22.8 Å². The van der Waals surface area contributed by atoms with Crippen LogP contribution in [0.5, 0.6) is 0 Å². The van der Waals surface area contributed by atoms with E-state index in [2.05, 4.69) is 0 Å². The number of H-pyrrole nitrogens is 1. The van der Waals surface area contributed by atoms with Crippen LogP contribution in [0.2, 0.25) is 0 Å². The smallest absolute Gasteiger partial charge is 0.431 e. The van der Waals surface area contributed by atoms with E-state index in [4.69, 9.17) is 27.9 Å². The van der Waals surface area contributed by atoms with Gasteiger partial charge in [-0.15, -0.1) is 0 Å². The molecule has 142 valence electrons. The molecule has 1 aliphatic carbocycles. The van der Waals surface area contributed by atoms with Gasteiger partial charge in [-0.05, 0) is 32.3 Å². The number of ether oxygens (including phenoxy) is 1. The lowest BCUT2D eigenvalue weighted by Gasteiger charge is -2.19. The molecule has 1 aromatic heterocycles. The summed E-state index contributed by atoms with van der Waals surface area (Å²) in [4.78, 5) is 26.2. The molecule has 10 heteroatoms. The van der Waals surface area contributed by atoms with E-state index < -0.39 is 29.0 Å². The zero-order valence-corrected chi connectivity index (χ0v) is 16.0. The van der Waals surface area contributed by atoms with Crippen LogP contribution >= 0.6 is 35.0 Å². The molecule has 1 aliphatic rings. The van der Waals surface area contributed by atoms with Gasteiger partial charge >= 0.3 is 12.1 Å². The molecule has 1 N–H and O–H groups in total. The summed E-state index contributed by atoms with van der Waals surface area (Å²) in [5.41, 5.74) is -3.23. The number of rotatable bonds is 4. The minimum Gasteiger partial charge on any atom is -0.462 e. The highest BCUT2D eigenvalue weighted by atomic mass is 35.5. The zero-order chi connectivity index (χ0) is 19.6. The molecule has 1 heterocycles. The van der Waals surface area contributed by atoms with Crippen LogP contribution in [-0.4, -0.2) is 17.6 Å². The monoisotopic (exact) mass is 427 g/mol. The summed E-state index contributed by atoms with van der Waals surface area (Å²) >= 11 is 13.0. The van der Waals surface area contributed by atoms with Crippen molar-refractivity contribution in [2.24, 2.45) is 0 Å². The molecule has 0 saturated carbocycles. The lowest BCUT2D eigenvalue weighted by atomic mass is 10.1. The number of halogens is 5. The van der Waals surface area contributed by atoms with Crippen LogP contribution < -0.4 is 5.56 Å². The van der Waals surface area contributed by atoms with Crippen LogP contribution in [0, 0.1) is 6.92 Å². The summed E-state index contributed by atoms with van der Waals surface area (Å²) in [7, 11) is 0. The van der Waals surface area contributed by atoms with Gasteiger partial charge in [-0.3, -0.25) is 4.79 Å². The Balaban J connectivity index is 2.71. The summed E-state index contributed by atoms with van der Waals surface area (Å²) in [6.07, 6.45) is -2.07. The minimum atomic E-state index is -4.80. The molecule has 26 heavy (non-hydrogen) atoms. The van der Waals surface area contributed by atoms with Crippen LogP contribution in [0.1, 0.15) is 41.4 Å². The van der Waals surface area contributed by atoms with E-state index in [-0.39, 0.29) is 22.1 Å². The first kappa shape index (κ1) is 20.9. The molecule has 1 aromatic rings. The fraction of sp³-hybridized carbons (Fsp3) is 0.375. The van der Waals surface area contributed by atoms with Gasteiger partial charge in [0, 0.05) is 14.8 Å². The normalized spacial score (nSPS) is 15.1. The van der Waals surface area contributed by atoms with Crippen molar-refractivity contribution in [3.63, 3.8) is 0 Å². The van der Waals surface area contributed by atoms with Crippen LogP contribution in [0.3, 0.4) is 0 Å². The van der Waals surface area contributed by atoms with Gasteiger partial charge in [-0.25, -0.2) is 4.79 Å². The molecule has 0 aromatic carbocycles. The number of aromatic nitrogens is 1. The van der Waals surface area contributed by atoms with E-state index >= 15 is 0 Å². The average Bonchev–Trinajstić information content (AvgIpc) is 2.52. The Morgan fingerprint density at radius 1 is 1.38 bits per heavy atom. The molecule has 0 unspecified atom stereocenters. The topological polar surface area (TPSA) is 59.2 Å². The summed E-state index contributed by atoms with van der Waals surface area (Å²) in [5.74, 6) is -1.01. The van der Waals surface area contributed by atoms with Crippen molar-refractivity contribution in [2.75, 3.05) is 6.61 Å². The number of allylic oxidation sites excluding steroid dienone is 3. The highest BCUT2D eigenvalue weighted by Gasteiger charge is 2.37. The number of aromatic amines is 1. The molecule has 2 rings (SSSR count). The van der Waals surface area contributed by atoms with E-state index in [1.807, 2.05) is 0 Å². The molecule has 0 spiro atoms. The number of carbonyl (C=O) groups excluding carboxylic acids is 1. The van der Waals surface area contributed by atoms with Crippen molar-refractivity contribution in [3.05, 3.63) is 48.2 Å². The van der Waals surface area contributed by atoms with Crippen molar-refractivity contribution < 1.29 is 22.7 Å². The number of pyridine rings is 1. The molecular weight excluding hydrogens is 414 g/mol. The largest absolute Gasteiger partial charge is 0.462 e. The third-order valence-electron chi connectivity index (χ3n) is 3.53. The Hall–Kier alpha value is -1.38. The number of alkyl halides is 3. The van der Waals surface area contributed by atoms with E-state index in [1.165, 1.54) is 13.8 Å². The number of carbonyl (C=O) groups is 1. The molecule has 4 nitrogen and oxygen atoms in total. The number of thioether (sulfide) groups is 1. The van der Waals surface area contributed by atoms with Crippen molar-refractivity contribution >= 4 is 40.9 Å².